The molecule has 4 rings (SSSR count). The molecule has 0 aliphatic carbocycles. The Kier molecular flexibility index (Phi) is 18.5. The van der Waals surface area contributed by atoms with E-state index in [0.717, 1.165) is 6.07 Å². The molecule has 4 atom stereocenters. The molecule has 0 radical (unpaired) electrons. The third-order valence-corrected chi connectivity index (χ3v) is 10.4. The average molecular weight is 877 g/mol. The molecule has 0 saturated carbocycles. The zero-order valence-electron chi connectivity index (χ0n) is 34.4. The fourth-order valence-corrected chi connectivity index (χ4v) is 7.43. The van der Waals surface area contributed by atoms with Gasteiger partial charge in [-0.2, -0.15) is 5.26 Å². The topological polar surface area (TPSA) is 169 Å². The van der Waals surface area contributed by atoms with E-state index in [0.29, 0.717) is 59.1 Å². The second kappa shape index (κ2) is 23.0. The molecule has 3 aromatic rings. The van der Waals surface area contributed by atoms with Gasteiger partial charge in [-0.25, -0.2) is 8.78 Å². The third kappa shape index (κ3) is 12.8. The summed E-state index contributed by atoms with van der Waals surface area (Å²) in [4.78, 5) is 38.6. The van der Waals surface area contributed by atoms with Crippen molar-refractivity contribution in [3.8, 4) is 11.8 Å². The van der Waals surface area contributed by atoms with Gasteiger partial charge < -0.3 is 45.0 Å². The molecule has 0 aromatic heterocycles. The maximum atomic E-state index is 16.1. The number of benzene rings is 3. The fourth-order valence-electron chi connectivity index (χ4n) is 7.09. The van der Waals surface area contributed by atoms with Crippen molar-refractivity contribution in [1.29, 1.82) is 5.26 Å². The van der Waals surface area contributed by atoms with E-state index in [9.17, 15) is 19.6 Å². The molecule has 1 aliphatic rings. The number of halogens is 4. The summed E-state index contributed by atoms with van der Waals surface area (Å²) in [5.74, 6) is -3.87. The van der Waals surface area contributed by atoms with Crippen molar-refractivity contribution in [3.63, 3.8) is 0 Å². The first kappa shape index (κ1) is 48.3. The lowest BCUT2D eigenvalue weighted by Gasteiger charge is -2.37. The molecule has 1 aliphatic heterocycles. The predicted octanol–water partition coefficient (Wildman–Crippen LogP) is 6.17. The summed E-state index contributed by atoms with van der Waals surface area (Å²) < 4.78 is 59.3. The number of rotatable bonds is 22. The van der Waals surface area contributed by atoms with Crippen LogP contribution in [0.15, 0.2) is 54.6 Å². The van der Waals surface area contributed by atoms with E-state index in [1.165, 1.54) is 55.6 Å². The smallest absolute Gasteiger partial charge is 0.251 e. The van der Waals surface area contributed by atoms with Crippen LogP contribution >= 0.6 is 23.2 Å². The van der Waals surface area contributed by atoms with Crippen LogP contribution in [-0.2, 0) is 34.0 Å². The molecule has 1 unspecified atom stereocenters. The van der Waals surface area contributed by atoms with Gasteiger partial charge in [-0.05, 0) is 53.8 Å². The number of amides is 3. The monoisotopic (exact) mass is 875 g/mol. The summed E-state index contributed by atoms with van der Waals surface area (Å²) in [6, 6.07) is 12.9. The van der Waals surface area contributed by atoms with E-state index in [4.69, 9.17) is 46.9 Å². The highest BCUT2D eigenvalue weighted by molar-refractivity contribution is 6.31. The van der Waals surface area contributed by atoms with Crippen LogP contribution in [0.1, 0.15) is 61.0 Å². The average Bonchev–Trinajstić information content (AvgIpc) is 3.52. The molecule has 13 nitrogen and oxygen atoms in total. The maximum Gasteiger partial charge on any atom is 0.251 e. The van der Waals surface area contributed by atoms with Crippen molar-refractivity contribution in [2.24, 2.45) is 5.41 Å². The van der Waals surface area contributed by atoms with Crippen molar-refractivity contribution in [3.05, 3.63) is 93.0 Å². The molecule has 326 valence electrons. The normalized spacial score (nSPS) is 18.8. The predicted molar refractivity (Wildman–Crippen MR) is 224 cm³/mol. The lowest BCUT2D eigenvalue weighted by molar-refractivity contribution is -0.122. The summed E-state index contributed by atoms with van der Waals surface area (Å²) >= 11 is 12.4. The van der Waals surface area contributed by atoms with Gasteiger partial charge in [-0.1, -0.05) is 62.2 Å². The number of nitriles is 1. The molecule has 0 spiro atoms. The number of ether oxygens (including phenoxy) is 5. The molecule has 3 amide bonds. The van der Waals surface area contributed by atoms with Crippen molar-refractivity contribution in [2.75, 3.05) is 78.9 Å². The van der Waals surface area contributed by atoms with Gasteiger partial charge in [0.15, 0.2) is 0 Å². The molecule has 0 bridgehead atoms. The summed E-state index contributed by atoms with van der Waals surface area (Å²) in [5.41, 5.74) is -1.87. The van der Waals surface area contributed by atoms with Gasteiger partial charge in [0.25, 0.3) is 5.91 Å². The highest BCUT2D eigenvalue weighted by Crippen LogP contribution is 2.53. The Morgan fingerprint density at radius 2 is 1.55 bits per heavy atom. The highest BCUT2D eigenvalue weighted by Gasteiger charge is 2.61. The van der Waals surface area contributed by atoms with E-state index >= 15 is 8.78 Å². The first-order chi connectivity index (χ1) is 28.7. The molecule has 4 N–H and O–H groups in total. The van der Waals surface area contributed by atoms with Gasteiger partial charge in [0, 0.05) is 48.1 Å². The van der Waals surface area contributed by atoms with Gasteiger partial charge in [0.2, 0.25) is 11.8 Å². The Morgan fingerprint density at radius 1 is 0.900 bits per heavy atom. The molecule has 1 fully saturated rings. The van der Waals surface area contributed by atoms with Crippen molar-refractivity contribution < 1.29 is 46.8 Å². The second-order valence-electron chi connectivity index (χ2n) is 15.2. The van der Waals surface area contributed by atoms with Gasteiger partial charge >= 0.3 is 0 Å². The van der Waals surface area contributed by atoms with Gasteiger partial charge in [0.05, 0.1) is 82.8 Å². The minimum Gasteiger partial charge on any atom is -0.495 e. The standard InChI is InChI=1S/C43H53Cl2F2N5O8/c1-42(2,3)25-35-43(26-48,30-11-10-28(44)24-32(30)46)37(29-7-6-8-31(45)38(29)47)39(52-35)41(55)51-33-12-9-27(23-34(33)56-5)40(54)50-14-16-58-18-20-60-22-21-59-19-17-57-15-13-36(53)49-4/h6-12,23-24,35,37,39,52H,13-22,25H2,1-5H3,(H,49,53)(H,50,54)(H,51,55)/t35-,37?,39+,43-/m0/s1. The lowest BCUT2D eigenvalue weighted by Crippen LogP contribution is -2.45. The van der Waals surface area contributed by atoms with Crippen LogP contribution in [0.4, 0.5) is 14.5 Å². The zero-order chi connectivity index (χ0) is 43.9. The second-order valence-corrected chi connectivity index (χ2v) is 16.1. The van der Waals surface area contributed by atoms with Crippen LogP contribution in [0.5, 0.6) is 5.75 Å². The number of carbonyl (C=O) groups excluding carboxylic acids is 3. The van der Waals surface area contributed by atoms with E-state index in [1.54, 1.807) is 7.05 Å². The molecule has 1 heterocycles. The number of hydrogen-bond acceptors (Lipinski definition) is 10. The Balaban J connectivity index is 1.39. The molecule has 3 aromatic carbocycles. The minimum atomic E-state index is -1.81. The molecule has 17 heteroatoms. The summed E-state index contributed by atoms with van der Waals surface area (Å²) in [7, 11) is 2.95. The summed E-state index contributed by atoms with van der Waals surface area (Å²) in [6.07, 6.45) is 0.600. The van der Waals surface area contributed by atoms with Crippen molar-refractivity contribution in [2.45, 2.75) is 57.0 Å². The van der Waals surface area contributed by atoms with Gasteiger partial charge in [-0.3, -0.25) is 14.4 Å². The van der Waals surface area contributed by atoms with Gasteiger partial charge in [0.1, 0.15) is 22.8 Å². The number of carbonyl (C=O) groups is 3. The van der Waals surface area contributed by atoms with Crippen LogP contribution in [0.2, 0.25) is 10.0 Å². The SMILES string of the molecule is CNC(=O)CCOCCOCCOCCOCCNC(=O)c1ccc(NC(=O)[C@@H]2N[C@@H](CC(C)(C)C)[C@](C#N)(c3ccc(Cl)cc3F)C2c2cccc(Cl)c2F)c(OC)c1. The minimum absolute atomic E-state index is 0.0424. The molecular weight excluding hydrogens is 823 g/mol. The van der Waals surface area contributed by atoms with Crippen LogP contribution < -0.4 is 26.0 Å². The quantitative estimate of drug-likeness (QED) is 0.0857. The Morgan fingerprint density at radius 3 is 2.15 bits per heavy atom. The molecule has 1 saturated heterocycles. The molecular formula is C43H53Cl2F2N5O8. The number of methoxy groups -OCH3 is 1. The summed E-state index contributed by atoms with van der Waals surface area (Å²) in [5, 5.41) is 22.4. The summed E-state index contributed by atoms with van der Waals surface area (Å²) in [6.45, 7) is 8.78. The number of hydrogen-bond donors (Lipinski definition) is 4. The van der Waals surface area contributed by atoms with E-state index in [2.05, 4.69) is 27.3 Å². The zero-order valence-corrected chi connectivity index (χ0v) is 35.9. The van der Waals surface area contributed by atoms with Crippen LogP contribution in [0.25, 0.3) is 0 Å². The van der Waals surface area contributed by atoms with Gasteiger partial charge in [-0.15, -0.1) is 0 Å². The van der Waals surface area contributed by atoms with Crippen molar-refractivity contribution in [1.82, 2.24) is 16.0 Å². The Bertz CT molecular complexity index is 1980. The third-order valence-electron chi connectivity index (χ3n) is 9.85. The lowest BCUT2D eigenvalue weighted by atomic mass is 9.62. The van der Waals surface area contributed by atoms with E-state index in [-0.39, 0.29) is 57.2 Å². The first-order valence-corrected chi connectivity index (χ1v) is 20.3. The number of nitrogens with one attached hydrogen (secondary N) is 4. The van der Waals surface area contributed by atoms with Crippen LogP contribution in [-0.4, -0.2) is 103 Å². The van der Waals surface area contributed by atoms with E-state index < -0.39 is 52.3 Å². The molecule has 60 heavy (non-hydrogen) atoms. The van der Waals surface area contributed by atoms with Crippen LogP contribution in [0.3, 0.4) is 0 Å². The number of anilines is 1. The number of nitrogens with zero attached hydrogens (tertiary/aromatic N) is 1. The van der Waals surface area contributed by atoms with Crippen molar-refractivity contribution >= 4 is 46.6 Å². The van der Waals surface area contributed by atoms with E-state index in [1.807, 2.05) is 20.8 Å². The van der Waals surface area contributed by atoms with Crippen LogP contribution in [0, 0.1) is 28.4 Å². The first-order valence-electron chi connectivity index (χ1n) is 19.5. The highest BCUT2D eigenvalue weighted by atomic mass is 35.5. The fraction of sp³-hybridized carbons (Fsp3) is 0.488. The Hall–Kier alpha value is -4.40. The maximum absolute atomic E-state index is 16.1. The largest absolute Gasteiger partial charge is 0.495 e. The Labute approximate surface area is 359 Å².